The van der Waals surface area contributed by atoms with Crippen molar-refractivity contribution in [3.63, 3.8) is 0 Å². The van der Waals surface area contributed by atoms with Gasteiger partial charge in [0.05, 0.1) is 30.1 Å². The van der Waals surface area contributed by atoms with Gasteiger partial charge in [-0.3, -0.25) is 0 Å². The highest BCUT2D eigenvalue weighted by molar-refractivity contribution is 7.88. The molecule has 2 N–H and O–H groups in total. The van der Waals surface area contributed by atoms with E-state index in [1.807, 2.05) is 0 Å². The van der Waals surface area contributed by atoms with Gasteiger partial charge in [0.1, 0.15) is 0 Å². The van der Waals surface area contributed by atoms with Crippen molar-refractivity contribution < 1.29 is 23.1 Å². The van der Waals surface area contributed by atoms with Crippen molar-refractivity contribution in [1.82, 2.24) is 4.72 Å². The standard InChI is InChI=1S/C14H21NO5S/c1-10(16)14(2,3)15-21(18,19)9-11-6-5-7-12(8-11)13(17)20-4/h5-8,10,15-16H,9H2,1-4H3. The van der Waals surface area contributed by atoms with Gasteiger partial charge in [0, 0.05) is 0 Å². The Kier molecular flexibility index (Phi) is 5.49. The number of ether oxygens (including phenoxy) is 1. The van der Waals surface area contributed by atoms with Crippen LogP contribution >= 0.6 is 0 Å². The third-order valence-electron chi connectivity index (χ3n) is 3.17. The molecule has 0 spiro atoms. The van der Waals surface area contributed by atoms with Gasteiger partial charge in [-0.25, -0.2) is 17.9 Å². The monoisotopic (exact) mass is 315 g/mol. The van der Waals surface area contributed by atoms with Crippen LogP contribution in [-0.4, -0.2) is 38.2 Å². The van der Waals surface area contributed by atoms with Gasteiger partial charge >= 0.3 is 5.97 Å². The van der Waals surface area contributed by atoms with Crippen LogP contribution < -0.4 is 4.72 Å². The van der Waals surface area contributed by atoms with E-state index in [2.05, 4.69) is 9.46 Å². The van der Waals surface area contributed by atoms with Crippen LogP contribution in [0.2, 0.25) is 0 Å². The number of carbonyl (C=O) groups excluding carboxylic acids is 1. The summed E-state index contributed by atoms with van der Waals surface area (Å²) in [6.45, 7) is 4.71. The number of benzene rings is 1. The zero-order valence-electron chi connectivity index (χ0n) is 12.6. The molecule has 1 unspecified atom stereocenters. The van der Waals surface area contributed by atoms with Crippen LogP contribution in [0.4, 0.5) is 0 Å². The summed E-state index contributed by atoms with van der Waals surface area (Å²) in [5.74, 6) is -0.805. The van der Waals surface area contributed by atoms with Crippen molar-refractivity contribution in [2.75, 3.05) is 7.11 Å². The van der Waals surface area contributed by atoms with Crippen molar-refractivity contribution in [2.24, 2.45) is 0 Å². The van der Waals surface area contributed by atoms with Crippen LogP contribution in [0, 0.1) is 0 Å². The zero-order chi connectivity index (χ0) is 16.3. The Morgan fingerprint density at radius 1 is 1.43 bits per heavy atom. The van der Waals surface area contributed by atoms with Gasteiger partial charge in [-0.2, -0.15) is 0 Å². The predicted molar refractivity (Wildman–Crippen MR) is 79.3 cm³/mol. The third-order valence-corrected chi connectivity index (χ3v) is 4.72. The highest BCUT2D eigenvalue weighted by Gasteiger charge is 2.29. The molecule has 0 radical (unpaired) electrons. The number of aliphatic hydroxyl groups excluding tert-OH is 1. The quantitative estimate of drug-likeness (QED) is 0.766. The Labute approximate surface area is 125 Å². The number of methoxy groups -OCH3 is 1. The minimum atomic E-state index is -3.65. The lowest BCUT2D eigenvalue weighted by molar-refractivity contribution is 0.0600. The molecule has 118 valence electrons. The van der Waals surface area contributed by atoms with Gasteiger partial charge in [0.15, 0.2) is 0 Å². The number of sulfonamides is 1. The van der Waals surface area contributed by atoms with Gasteiger partial charge < -0.3 is 9.84 Å². The average Bonchev–Trinajstić information content (AvgIpc) is 2.35. The molecule has 0 aliphatic rings. The van der Waals surface area contributed by atoms with E-state index in [1.165, 1.54) is 20.1 Å². The Hall–Kier alpha value is -1.44. The summed E-state index contributed by atoms with van der Waals surface area (Å²) in [5, 5.41) is 9.57. The van der Waals surface area contributed by atoms with Crippen molar-refractivity contribution in [3.8, 4) is 0 Å². The van der Waals surface area contributed by atoms with E-state index in [0.717, 1.165) is 0 Å². The second kappa shape index (κ2) is 6.55. The minimum absolute atomic E-state index is 0.284. The first-order valence-electron chi connectivity index (χ1n) is 6.44. The average molecular weight is 315 g/mol. The lowest BCUT2D eigenvalue weighted by atomic mass is 10.0. The smallest absolute Gasteiger partial charge is 0.337 e. The maximum atomic E-state index is 12.1. The number of aliphatic hydroxyl groups is 1. The van der Waals surface area contributed by atoms with Crippen LogP contribution in [0.25, 0.3) is 0 Å². The van der Waals surface area contributed by atoms with E-state index in [1.54, 1.807) is 32.0 Å². The van der Waals surface area contributed by atoms with Gasteiger partial charge in [-0.1, -0.05) is 12.1 Å². The third kappa shape index (κ3) is 5.11. The molecule has 1 aromatic rings. The number of nitrogens with one attached hydrogen (secondary N) is 1. The summed E-state index contributed by atoms with van der Waals surface area (Å²) < 4.78 is 31.3. The summed E-state index contributed by atoms with van der Waals surface area (Å²) in [7, 11) is -2.39. The first-order valence-corrected chi connectivity index (χ1v) is 8.09. The van der Waals surface area contributed by atoms with E-state index in [9.17, 15) is 18.3 Å². The molecule has 0 saturated heterocycles. The fraction of sp³-hybridized carbons (Fsp3) is 0.500. The summed E-state index contributed by atoms with van der Waals surface area (Å²) in [6, 6.07) is 6.23. The van der Waals surface area contributed by atoms with Crippen LogP contribution in [-0.2, 0) is 20.5 Å². The first-order chi connectivity index (χ1) is 9.57. The summed E-state index contributed by atoms with van der Waals surface area (Å²) in [4.78, 5) is 11.4. The number of hydrogen-bond acceptors (Lipinski definition) is 5. The van der Waals surface area contributed by atoms with Crippen LogP contribution in [0.15, 0.2) is 24.3 Å². The molecule has 0 bridgehead atoms. The number of carbonyl (C=O) groups is 1. The maximum Gasteiger partial charge on any atom is 0.337 e. The van der Waals surface area contributed by atoms with Crippen LogP contribution in [0.1, 0.15) is 36.7 Å². The molecule has 0 heterocycles. The Bertz CT molecular complexity index is 608. The highest BCUT2D eigenvalue weighted by Crippen LogP contribution is 2.14. The molecule has 6 nitrogen and oxygen atoms in total. The molecule has 7 heteroatoms. The molecule has 1 rings (SSSR count). The maximum absolute atomic E-state index is 12.1. The summed E-state index contributed by atoms with van der Waals surface area (Å²) >= 11 is 0. The molecule has 0 aliphatic heterocycles. The lowest BCUT2D eigenvalue weighted by Gasteiger charge is -2.28. The summed E-state index contributed by atoms with van der Waals surface area (Å²) in [5.41, 5.74) is -0.217. The van der Waals surface area contributed by atoms with E-state index in [0.29, 0.717) is 11.1 Å². The van der Waals surface area contributed by atoms with Crippen LogP contribution in [0.3, 0.4) is 0 Å². The van der Waals surface area contributed by atoms with E-state index < -0.39 is 27.6 Å². The van der Waals surface area contributed by atoms with Gasteiger partial charge in [-0.05, 0) is 38.5 Å². The van der Waals surface area contributed by atoms with E-state index in [4.69, 9.17) is 0 Å². The topological polar surface area (TPSA) is 92.7 Å². The molecule has 1 aromatic carbocycles. The lowest BCUT2D eigenvalue weighted by Crippen LogP contribution is -2.51. The SMILES string of the molecule is COC(=O)c1cccc(CS(=O)(=O)NC(C)(C)C(C)O)c1. The van der Waals surface area contributed by atoms with Gasteiger partial charge in [0.25, 0.3) is 0 Å². The van der Waals surface area contributed by atoms with E-state index >= 15 is 0 Å². The number of rotatable bonds is 6. The Balaban J connectivity index is 2.92. The van der Waals surface area contributed by atoms with Crippen molar-refractivity contribution >= 4 is 16.0 Å². The second-order valence-electron chi connectivity index (χ2n) is 5.45. The van der Waals surface area contributed by atoms with E-state index in [-0.39, 0.29) is 5.75 Å². The van der Waals surface area contributed by atoms with Gasteiger partial charge in [0.2, 0.25) is 10.0 Å². The first kappa shape index (κ1) is 17.6. The fourth-order valence-corrected chi connectivity index (χ4v) is 3.31. The predicted octanol–water partition coefficient (Wildman–Crippen LogP) is 1.05. The van der Waals surface area contributed by atoms with Crippen molar-refractivity contribution in [2.45, 2.75) is 38.2 Å². The molecule has 0 aliphatic carbocycles. The largest absolute Gasteiger partial charge is 0.465 e. The summed E-state index contributed by atoms with van der Waals surface area (Å²) in [6.07, 6.45) is -0.839. The second-order valence-corrected chi connectivity index (χ2v) is 7.17. The zero-order valence-corrected chi connectivity index (χ0v) is 13.4. The fourth-order valence-electron chi connectivity index (χ4n) is 1.65. The molecule has 0 amide bonds. The minimum Gasteiger partial charge on any atom is -0.465 e. The Morgan fingerprint density at radius 3 is 2.57 bits per heavy atom. The van der Waals surface area contributed by atoms with Gasteiger partial charge in [-0.15, -0.1) is 0 Å². The molecule has 0 aromatic heterocycles. The molecule has 0 fully saturated rings. The number of esters is 1. The molecule has 1 atom stereocenters. The highest BCUT2D eigenvalue weighted by atomic mass is 32.2. The Morgan fingerprint density at radius 2 is 2.05 bits per heavy atom. The van der Waals surface area contributed by atoms with Crippen molar-refractivity contribution in [1.29, 1.82) is 0 Å². The molecule has 21 heavy (non-hydrogen) atoms. The molecular formula is C14H21NO5S. The molecular weight excluding hydrogens is 294 g/mol. The molecule has 0 saturated carbocycles. The number of hydrogen-bond donors (Lipinski definition) is 2. The van der Waals surface area contributed by atoms with Crippen molar-refractivity contribution in [3.05, 3.63) is 35.4 Å². The van der Waals surface area contributed by atoms with Crippen LogP contribution in [0.5, 0.6) is 0 Å². The normalized spacial score (nSPS) is 13.8.